The monoisotopic (exact) mass is 201 g/mol. The quantitative estimate of drug-likeness (QED) is 0.425. The van der Waals surface area contributed by atoms with Crippen LogP contribution in [-0.4, -0.2) is 28.3 Å². The minimum absolute atomic E-state index is 0.0326. The van der Waals surface area contributed by atoms with Gasteiger partial charge in [-0.05, 0) is 12.8 Å². The molecule has 0 aromatic heterocycles. The number of nitrogens with two attached hydrogens (primary N) is 1. The molecule has 11 heavy (non-hydrogen) atoms. The largest absolute Gasteiger partial charge is 0.232 e. The zero-order valence-corrected chi connectivity index (χ0v) is 7.61. The Bertz CT molecular complexity index is 258. The Morgan fingerprint density at radius 3 is 2.09 bits per heavy atom. The van der Waals surface area contributed by atoms with Crippen LogP contribution in [0.25, 0.3) is 0 Å². The van der Waals surface area contributed by atoms with Gasteiger partial charge >= 0.3 is 0 Å². The van der Waals surface area contributed by atoms with Crippen molar-refractivity contribution in [2.75, 3.05) is 11.5 Å². The van der Waals surface area contributed by atoms with E-state index in [1.54, 1.807) is 0 Å². The third kappa shape index (κ3) is 9.86. The average Bonchev–Trinajstić information content (AvgIpc) is 1.78. The van der Waals surface area contributed by atoms with E-state index in [9.17, 15) is 16.8 Å². The molecule has 0 rings (SSSR count). The minimum Gasteiger partial charge on any atom is -0.232 e. The fourth-order valence-electron chi connectivity index (χ4n) is 0.544. The molecule has 68 valence electrons. The van der Waals surface area contributed by atoms with Crippen LogP contribution in [0.5, 0.6) is 0 Å². The van der Waals surface area contributed by atoms with Gasteiger partial charge in [0.1, 0.15) is 10.7 Å². The molecule has 0 saturated carbocycles. The van der Waals surface area contributed by atoms with Crippen LogP contribution in [-0.2, 0) is 20.7 Å². The first-order valence-electron chi connectivity index (χ1n) is 3.04. The van der Waals surface area contributed by atoms with Crippen molar-refractivity contribution in [2.24, 2.45) is 5.14 Å². The first-order chi connectivity index (χ1) is 4.92. The second-order valence-corrected chi connectivity index (χ2v) is 4.98. The summed E-state index contributed by atoms with van der Waals surface area (Å²) < 4.78 is 40.6. The molecule has 0 aliphatic rings. The summed E-state index contributed by atoms with van der Waals surface area (Å²) in [5.74, 6) is -0.110. The lowest BCUT2D eigenvalue weighted by molar-refractivity contribution is 0.592. The second-order valence-electron chi connectivity index (χ2n) is 2.13. The zero-order valence-electron chi connectivity index (χ0n) is 5.89. The van der Waals surface area contributed by atoms with Gasteiger partial charge in [-0.15, -0.1) is 0 Å². The Morgan fingerprint density at radius 2 is 1.73 bits per heavy atom. The summed E-state index contributed by atoms with van der Waals surface area (Å²) in [6.45, 7) is 0. The van der Waals surface area contributed by atoms with Gasteiger partial charge in [-0.3, -0.25) is 0 Å². The van der Waals surface area contributed by atoms with Crippen molar-refractivity contribution >= 4 is 20.7 Å². The van der Waals surface area contributed by atoms with Gasteiger partial charge in [0.25, 0.3) is 0 Å². The Hall–Kier alpha value is -0.140. The molecule has 0 aliphatic heterocycles. The summed E-state index contributed by atoms with van der Waals surface area (Å²) >= 11 is 0. The van der Waals surface area contributed by atoms with Crippen molar-refractivity contribution in [1.82, 2.24) is 0 Å². The molecular weight excluding hydrogens is 190 g/mol. The highest BCUT2D eigenvalue weighted by Gasteiger charge is 2.01. The number of unbranched alkanes of at least 4 members (excludes halogenated alkanes) is 1. The molecule has 7 heteroatoms. The lowest BCUT2D eigenvalue weighted by Crippen LogP contribution is -2.16. The number of hydrogen-bond acceptors (Lipinski definition) is 4. The Morgan fingerprint density at radius 1 is 1.18 bits per heavy atom. The molecule has 0 amide bonds. The average molecular weight is 201 g/mol. The van der Waals surface area contributed by atoms with Crippen molar-refractivity contribution in [3.63, 3.8) is 0 Å². The molecule has 0 atom stereocenters. The molecule has 0 heterocycles. The van der Waals surface area contributed by atoms with E-state index in [0.717, 1.165) is 0 Å². The Labute approximate surface area is 67.6 Å². The van der Waals surface area contributed by atoms with Crippen molar-refractivity contribution in [2.45, 2.75) is 12.8 Å². The van der Waals surface area contributed by atoms with Crippen LogP contribution >= 0.6 is 0 Å². The maximum Gasteiger partial charge on any atom is 0.209 e. The molecule has 0 unspecified atom stereocenters. The van der Waals surface area contributed by atoms with Crippen LogP contribution < -0.4 is 5.14 Å². The van der Waals surface area contributed by atoms with Gasteiger partial charge in [0, 0.05) is 5.75 Å². The van der Waals surface area contributed by atoms with E-state index >= 15 is 0 Å². The first-order valence-corrected chi connectivity index (χ1v) is 6.12. The van der Waals surface area contributed by atoms with E-state index in [1.165, 1.54) is 0 Å². The fraction of sp³-hybridized carbons (Fsp3) is 1.00. The molecule has 0 fully saturated rings. The summed E-state index contributed by atoms with van der Waals surface area (Å²) in [7, 11) is -5.80. The van der Waals surface area contributed by atoms with E-state index in [0.29, 0.717) is 12.8 Å². The fourth-order valence-corrected chi connectivity index (χ4v) is 1.63. The van der Waals surface area contributed by atoms with Crippen molar-refractivity contribution in [3.8, 4) is 0 Å². The van der Waals surface area contributed by atoms with Crippen LogP contribution in [0.1, 0.15) is 12.8 Å². The van der Waals surface area contributed by atoms with E-state index in [1.807, 2.05) is 0 Å². The highest BCUT2D eigenvalue weighted by atomic mass is 32.2. The van der Waals surface area contributed by atoms with Crippen LogP contribution in [0.2, 0.25) is 0 Å². The third-order valence-electron chi connectivity index (χ3n) is 1.02. The van der Waals surface area contributed by atoms with Gasteiger partial charge < -0.3 is 0 Å². The van der Waals surface area contributed by atoms with Crippen LogP contribution in [0.15, 0.2) is 0 Å². The van der Waals surface area contributed by atoms with Gasteiger partial charge in [0.15, 0.2) is 0 Å². The summed E-state index contributed by atoms with van der Waals surface area (Å²) in [5, 5.41) is 4.67. The molecule has 0 radical (unpaired) electrons. The smallest absolute Gasteiger partial charge is 0.209 e. The van der Waals surface area contributed by atoms with E-state index < -0.39 is 20.7 Å². The molecule has 0 spiro atoms. The van der Waals surface area contributed by atoms with E-state index in [4.69, 9.17) is 0 Å². The number of sulfonamides is 1. The number of rotatable bonds is 5. The Kier molecular flexibility index (Phi) is 4.62. The normalized spacial score (nSPS) is 12.2. The predicted molar refractivity (Wildman–Crippen MR) is 42.4 cm³/mol. The predicted octanol–water partition coefficient (Wildman–Crippen LogP) is -1.33. The van der Waals surface area contributed by atoms with E-state index in [2.05, 4.69) is 5.14 Å². The molecule has 0 aliphatic carbocycles. The van der Waals surface area contributed by atoms with Crippen molar-refractivity contribution in [3.05, 3.63) is 0 Å². The zero-order chi connectivity index (χ0) is 8.91. The molecule has 0 aromatic carbocycles. The first kappa shape index (κ1) is 10.9. The minimum atomic E-state index is -3.42. The molecule has 5 nitrogen and oxygen atoms in total. The second kappa shape index (κ2) is 4.68. The molecule has 2 N–H and O–H groups in total. The van der Waals surface area contributed by atoms with Gasteiger partial charge in [-0.2, -0.15) is 0 Å². The molecule has 0 bridgehead atoms. The molecular formula is C4H11NO4S2. The lowest BCUT2D eigenvalue weighted by Gasteiger charge is -1.94. The highest BCUT2D eigenvalue weighted by Crippen LogP contribution is 1.91. The molecule has 0 aromatic rings. The number of hydrogen-bond donors (Lipinski definition) is 2. The van der Waals surface area contributed by atoms with Gasteiger partial charge in [-0.25, -0.2) is 22.0 Å². The maximum atomic E-state index is 10.3. The van der Waals surface area contributed by atoms with Crippen LogP contribution in [0.4, 0.5) is 0 Å². The van der Waals surface area contributed by atoms with Gasteiger partial charge in [0.05, 0.1) is 5.75 Å². The van der Waals surface area contributed by atoms with Crippen molar-refractivity contribution < 1.29 is 16.8 Å². The van der Waals surface area contributed by atoms with E-state index in [-0.39, 0.29) is 11.5 Å². The van der Waals surface area contributed by atoms with Crippen LogP contribution in [0.3, 0.4) is 0 Å². The number of primary sulfonamides is 1. The SMILES string of the molecule is NS(=O)(=O)CCCC[SH](=O)=O. The lowest BCUT2D eigenvalue weighted by atomic mass is 10.4. The summed E-state index contributed by atoms with van der Waals surface area (Å²) in [5.41, 5.74) is 0. The summed E-state index contributed by atoms with van der Waals surface area (Å²) in [6.07, 6.45) is 0.664. The molecule has 0 saturated heterocycles. The standard InChI is InChI=1S/C4H11NO4S2/c5-11(8,9)4-2-1-3-10(6)7/h10H,1-4H2,(H2,5,8,9). The van der Waals surface area contributed by atoms with Gasteiger partial charge in [-0.1, -0.05) is 0 Å². The topological polar surface area (TPSA) is 94.3 Å². The maximum absolute atomic E-state index is 10.3. The number of thiol groups is 1. The van der Waals surface area contributed by atoms with Gasteiger partial charge in [0.2, 0.25) is 10.0 Å². The van der Waals surface area contributed by atoms with Crippen molar-refractivity contribution in [1.29, 1.82) is 0 Å². The summed E-state index contributed by atoms with van der Waals surface area (Å²) in [6, 6.07) is 0. The third-order valence-corrected chi connectivity index (χ3v) is 2.56. The highest BCUT2D eigenvalue weighted by molar-refractivity contribution is 7.89. The summed E-state index contributed by atoms with van der Waals surface area (Å²) in [4.78, 5) is 0. The Balaban J connectivity index is 3.44. The van der Waals surface area contributed by atoms with Crippen LogP contribution in [0, 0.1) is 0 Å².